The highest BCUT2D eigenvalue weighted by atomic mass is 16.2. The van der Waals surface area contributed by atoms with Gasteiger partial charge < -0.3 is 16.4 Å². The molecule has 0 aromatic heterocycles. The van der Waals surface area contributed by atoms with Gasteiger partial charge in [-0.3, -0.25) is 9.59 Å². The molecule has 0 spiro atoms. The fourth-order valence-corrected chi connectivity index (χ4v) is 2.75. The smallest absolute Gasteiger partial charge is 0.242 e. The highest BCUT2D eigenvalue weighted by molar-refractivity contribution is 5.90. The van der Waals surface area contributed by atoms with Crippen LogP contribution in [0, 0.1) is 5.41 Å². The standard InChI is InChI=1S/C15H29N3O2/c1-3-10-17-13(19)12(2)18-14(20)15(11-16)8-6-4-5-7-9-15/h12H,3-11,16H2,1-2H3,(H,17,19)(H,18,20). The number of amides is 2. The maximum atomic E-state index is 12.5. The predicted octanol–water partition coefficient (Wildman–Crippen LogP) is 1.32. The van der Waals surface area contributed by atoms with Gasteiger partial charge in [0.15, 0.2) is 0 Å². The molecule has 0 heterocycles. The SMILES string of the molecule is CCCNC(=O)C(C)NC(=O)C1(CN)CCCCCC1. The zero-order chi connectivity index (χ0) is 15.0. The molecule has 2 amide bonds. The number of nitrogens with one attached hydrogen (secondary N) is 2. The topological polar surface area (TPSA) is 84.2 Å². The van der Waals surface area contributed by atoms with Crippen molar-refractivity contribution in [3.8, 4) is 0 Å². The average Bonchev–Trinajstić information content (AvgIpc) is 2.70. The highest BCUT2D eigenvalue weighted by Crippen LogP contribution is 2.34. The fraction of sp³-hybridized carbons (Fsp3) is 0.867. The number of carbonyl (C=O) groups excluding carboxylic acids is 2. The maximum absolute atomic E-state index is 12.5. The summed E-state index contributed by atoms with van der Waals surface area (Å²) in [4.78, 5) is 24.3. The van der Waals surface area contributed by atoms with Crippen molar-refractivity contribution in [3.63, 3.8) is 0 Å². The van der Waals surface area contributed by atoms with Gasteiger partial charge in [-0.25, -0.2) is 0 Å². The molecule has 1 aliphatic rings. The lowest BCUT2D eigenvalue weighted by atomic mass is 9.79. The second-order valence-electron chi connectivity index (χ2n) is 5.88. The molecule has 1 atom stereocenters. The minimum Gasteiger partial charge on any atom is -0.354 e. The van der Waals surface area contributed by atoms with Crippen LogP contribution in [0.3, 0.4) is 0 Å². The van der Waals surface area contributed by atoms with Crippen molar-refractivity contribution >= 4 is 11.8 Å². The lowest BCUT2D eigenvalue weighted by molar-refractivity contribution is -0.135. The van der Waals surface area contributed by atoms with Gasteiger partial charge in [-0.05, 0) is 26.2 Å². The number of carbonyl (C=O) groups is 2. The number of hydrogen-bond acceptors (Lipinski definition) is 3. The predicted molar refractivity (Wildman–Crippen MR) is 80.1 cm³/mol. The van der Waals surface area contributed by atoms with E-state index in [0.29, 0.717) is 13.1 Å². The van der Waals surface area contributed by atoms with Crippen LogP contribution in [0.25, 0.3) is 0 Å². The third-order valence-corrected chi connectivity index (χ3v) is 4.22. The van der Waals surface area contributed by atoms with E-state index in [1.54, 1.807) is 6.92 Å². The fourth-order valence-electron chi connectivity index (χ4n) is 2.75. The zero-order valence-electron chi connectivity index (χ0n) is 12.8. The monoisotopic (exact) mass is 283 g/mol. The van der Waals surface area contributed by atoms with E-state index in [1.807, 2.05) is 6.92 Å². The van der Waals surface area contributed by atoms with Gasteiger partial charge in [-0.15, -0.1) is 0 Å². The van der Waals surface area contributed by atoms with Crippen LogP contribution in [-0.4, -0.2) is 30.9 Å². The Morgan fingerprint density at radius 3 is 2.30 bits per heavy atom. The summed E-state index contributed by atoms with van der Waals surface area (Å²) in [5, 5.41) is 5.65. The van der Waals surface area contributed by atoms with Crippen molar-refractivity contribution in [3.05, 3.63) is 0 Å². The Labute approximate surface area is 122 Å². The Bertz CT molecular complexity index is 323. The largest absolute Gasteiger partial charge is 0.354 e. The molecule has 0 bridgehead atoms. The minimum atomic E-state index is -0.499. The summed E-state index contributed by atoms with van der Waals surface area (Å²) in [5.74, 6) is -0.179. The normalized spacial score (nSPS) is 19.8. The van der Waals surface area contributed by atoms with Crippen LogP contribution in [0.15, 0.2) is 0 Å². The van der Waals surface area contributed by atoms with E-state index in [4.69, 9.17) is 5.73 Å². The van der Waals surface area contributed by atoms with Crippen LogP contribution in [0.2, 0.25) is 0 Å². The van der Waals surface area contributed by atoms with Gasteiger partial charge in [0, 0.05) is 13.1 Å². The van der Waals surface area contributed by atoms with Crippen molar-refractivity contribution in [2.45, 2.75) is 64.8 Å². The Kier molecular flexibility index (Phi) is 6.99. The van der Waals surface area contributed by atoms with E-state index in [9.17, 15) is 9.59 Å². The van der Waals surface area contributed by atoms with E-state index >= 15 is 0 Å². The molecular weight excluding hydrogens is 254 g/mol. The number of nitrogens with two attached hydrogens (primary N) is 1. The van der Waals surface area contributed by atoms with Gasteiger partial charge >= 0.3 is 0 Å². The third-order valence-electron chi connectivity index (χ3n) is 4.22. The van der Waals surface area contributed by atoms with Crippen molar-refractivity contribution in [2.24, 2.45) is 11.1 Å². The van der Waals surface area contributed by atoms with Crippen LogP contribution in [-0.2, 0) is 9.59 Å². The average molecular weight is 283 g/mol. The molecule has 5 nitrogen and oxygen atoms in total. The van der Waals surface area contributed by atoms with E-state index in [2.05, 4.69) is 10.6 Å². The number of rotatable bonds is 6. The Balaban J connectivity index is 2.60. The molecule has 5 heteroatoms. The molecule has 1 unspecified atom stereocenters. The second-order valence-corrected chi connectivity index (χ2v) is 5.88. The molecule has 1 fully saturated rings. The molecule has 4 N–H and O–H groups in total. The molecular formula is C15H29N3O2. The molecule has 1 saturated carbocycles. The van der Waals surface area contributed by atoms with Crippen LogP contribution >= 0.6 is 0 Å². The summed E-state index contributed by atoms with van der Waals surface area (Å²) in [6, 6.07) is -0.499. The van der Waals surface area contributed by atoms with Gasteiger partial charge in [0.1, 0.15) is 6.04 Å². The van der Waals surface area contributed by atoms with E-state index in [1.165, 1.54) is 12.8 Å². The van der Waals surface area contributed by atoms with Crippen molar-refractivity contribution in [1.29, 1.82) is 0 Å². The highest BCUT2D eigenvalue weighted by Gasteiger charge is 2.38. The first kappa shape index (κ1) is 17.0. The van der Waals surface area contributed by atoms with Gasteiger partial charge in [-0.2, -0.15) is 0 Å². The third kappa shape index (κ3) is 4.47. The van der Waals surface area contributed by atoms with Crippen molar-refractivity contribution < 1.29 is 9.59 Å². The van der Waals surface area contributed by atoms with Gasteiger partial charge in [0.05, 0.1) is 5.41 Å². The molecule has 1 aliphatic carbocycles. The first-order valence-electron chi connectivity index (χ1n) is 7.84. The molecule has 0 saturated heterocycles. The van der Waals surface area contributed by atoms with Crippen LogP contribution in [0.5, 0.6) is 0 Å². The molecule has 0 radical (unpaired) electrons. The zero-order valence-corrected chi connectivity index (χ0v) is 12.8. The van der Waals surface area contributed by atoms with Crippen LogP contribution in [0.1, 0.15) is 58.8 Å². The Morgan fingerprint density at radius 1 is 1.20 bits per heavy atom. The van der Waals surface area contributed by atoms with Gasteiger partial charge in [0.2, 0.25) is 11.8 Å². The van der Waals surface area contributed by atoms with Crippen molar-refractivity contribution in [2.75, 3.05) is 13.1 Å². The Hall–Kier alpha value is -1.10. The van der Waals surface area contributed by atoms with Gasteiger partial charge in [-0.1, -0.05) is 32.6 Å². The molecule has 1 rings (SSSR count). The van der Waals surface area contributed by atoms with Gasteiger partial charge in [0.25, 0.3) is 0 Å². The summed E-state index contributed by atoms with van der Waals surface area (Å²) in [7, 11) is 0. The quantitative estimate of drug-likeness (QED) is 0.643. The summed E-state index contributed by atoms with van der Waals surface area (Å²) >= 11 is 0. The molecule has 0 aromatic carbocycles. The molecule has 20 heavy (non-hydrogen) atoms. The Morgan fingerprint density at radius 2 is 1.80 bits per heavy atom. The lowest BCUT2D eigenvalue weighted by Gasteiger charge is -2.31. The first-order valence-corrected chi connectivity index (χ1v) is 7.84. The lowest BCUT2D eigenvalue weighted by Crippen LogP contribution is -2.52. The molecule has 0 aromatic rings. The summed E-state index contributed by atoms with van der Waals surface area (Å²) in [6.45, 7) is 4.73. The minimum absolute atomic E-state index is 0.0546. The van der Waals surface area contributed by atoms with Crippen molar-refractivity contribution in [1.82, 2.24) is 10.6 Å². The van der Waals surface area contributed by atoms with E-state index in [-0.39, 0.29) is 11.8 Å². The maximum Gasteiger partial charge on any atom is 0.242 e. The van der Waals surface area contributed by atoms with E-state index < -0.39 is 11.5 Å². The summed E-state index contributed by atoms with van der Waals surface area (Å²) in [6.07, 6.45) is 6.97. The van der Waals surface area contributed by atoms with Crippen LogP contribution in [0.4, 0.5) is 0 Å². The second kappa shape index (κ2) is 8.25. The summed E-state index contributed by atoms with van der Waals surface area (Å²) < 4.78 is 0. The molecule has 116 valence electrons. The molecule has 0 aliphatic heterocycles. The first-order chi connectivity index (χ1) is 9.55. The number of hydrogen-bond donors (Lipinski definition) is 3. The summed E-state index contributed by atoms with van der Waals surface area (Å²) in [5.41, 5.74) is 5.40. The van der Waals surface area contributed by atoms with E-state index in [0.717, 1.165) is 32.1 Å². The van der Waals surface area contributed by atoms with Crippen LogP contribution < -0.4 is 16.4 Å².